The number of aryl methyl sites for hydroxylation is 1. The van der Waals surface area contributed by atoms with Gasteiger partial charge in [-0.2, -0.15) is 5.26 Å². The van der Waals surface area contributed by atoms with Gasteiger partial charge >= 0.3 is 11.9 Å². The van der Waals surface area contributed by atoms with E-state index in [0.29, 0.717) is 5.76 Å². The zero-order valence-corrected chi connectivity index (χ0v) is 10.1. The first-order valence-corrected chi connectivity index (χ1v) is 4.92. The molecule has 6 nitrogen and oxygen atoms in total. The first-order valence-electron chi connectivity index (χ1n) is 4.92. The zero-order valence-electron chi connectivity index (χ0n) is 10.1. The highest BCUT2D eigenvalue weighted by atomic mass is 16.5. The van der Waals surface area contributed by atoms with E-state index in [-0.39, 0.29) is 16.9 Å². The molecule has 0 fully saturated rings. The molecule has 0 saturated heterocycles. The number of esters is 2. The van der Waals surface area contributed by atoms with Crippen LogP contribution < -0.4 is 0 Å². The number of furan rings is 1. The number of carbonyl (C=O) groups excluding carboxylic acids is 2. The minimum atomic E-state index is -0.772. The van der Waals surface area contributed by atoms with Crippen LogP contribution in [0.3, 0.4) is 0 Å². The molecule has 0 aliphatic heterocycles. The van der Waals surface area contributed by atoms with E-state index in [1.165, 1.54) is 26.4 Å². The third kappa shape index (κ3) is 2.77. The molecule has 0 amide bonds. The monoisotopic (exact) mass is 249 g/mol. The topological polar surface area (TPSA) is 89.5 Å². The van der Waals surface area contributed by atoms with E-state index in [4.69, 9.17) is 9.68 Å². The highest BCUT2D eigenvalue weighted by Gasteiger charge is 2.16. The molecule has 0 aliphatic carbocycles. The Kier molecular flexibility index (Phi) is 4.27. The Labute approximate surface area is 103 Å². The van der Waals surface area contributed by atoms with Crippen molar-refractivity contribution in [3.63, 3.8) is 0 Å². The van der Waals surface area contributed by atoms with Gasteiger partial charge in [0.2, 0.25) is 0 Å². The average molecular weight is 249 g/mol. The van der Waals surface area contributed by atoms with Gasteiger partial charge in [-0.15, -0.1) is 0 Å². The van der Waals surface area contributed by atoms with Crippen molar-refractivity contribution in [3.05, 3.63) is 28.7 Å². The maximum absolute atomic E-state index is 11.3. The molecule has 0 N–H and O–H groups in total. The molecule has 0 saturated carbocycles. The number of ether oxygens (including phenoxy) is 2. The van der Waals surface area contributed by atoms with Gasteiger partial charge in [0.05, 0.1) is 14.2 Å². The zero-order chi connectivity index (χ0) is 13.7. The molecule has 0 atom stereocenters. The van der Waals surface area contributed by atoms with Crippen molar-refractivity contribution < 1.29 is 23.5 Å². The number of nitriles is 1. The summed E-state index contributed by atoms with van der Waals surface area (Å²) in [5.74, 6) is -0.774. The van der Waals surface area contributed by atoms with Gasteiger partial charge in [0.15, 0.2) is 0 Å². The molecular weight excluding hydrogens is 238 g/mol. The summed E-state index contributed by atoms with van der Waals surface area (Å²) in [7, 11) is 2.42. The van der Waals surface area contributed by atoms with Crippen molar-refractivity contribution in [2.75, 3.05) is 14.2 Å². The number of rotatable bonds is 3. The van der Waals surface area contributed by atoms with Crippen LogP contribution in [0, 0.1) is 18.3 Å². The fourth-order valence-electron chi connectivity index (χ4n) is 1.28. The van der Waals surface area contributed by atoms with Crippen molar-refractivity contribution >= 4 is 18.0 Å². The third-order valence-electron chi connectivity index (χ3n) is 2.15. The van der Waals surface area contributed by atoms with Crippen LogP contribution in [-0.2, 0) is 14.3 Å². The lowest BCUT2D eigenvalue weighted by Crippen LogP contribution is -2.02. The predicted molar refractivity (Wildman–Crippen MR) is 60.4 cm³/mol. The summed E-state index contributed by atoms with van der Waals surface area (Å²) in [6.45, 7) is 1.58. The van der Waals surface area contributed by atoms with E-state index in [9.17, 15) is 9.59 Å². The number of nitrogens with zero attached hydrogens (tertiary/aromatic N) is 1. The average Bonchev–Trinajstić information content (AvgIpc) is 2.75. The Balaban J connectivity index is 3.13. The van der Waals surface area contributed by atoms with Gasteiger partial charge in [0.1, 0.15) is 28.7 Å². The first-order chi connectivity index (χ1) is 8.53. The van der Waals surface area contributed by atoms with Crippen molar-refractivity contribution in [2.24, 2.45) is 0 Å². The number of carbonyl (C=O) groups is 2. The third-order valence-corrected chi connectivity index (χ3v) is 2.15. The van der Waals surface area contributed by atoms with Gasteiger partial charge < -0.3 is 13.9 Å². The normalized spacial score (nSPS) is 10.7. The smallest absolute Gasteiger partial charge is 0.348 e. The lowest BCUT2D eigenvalue weighted by molar-refractivity contribution is -0.135. The summed E-state index contributed by atoms with van der Waals surface area (Å²) in [5.41, 5.74) is 0.0218. The summed E-state index contributed by atoms with van der Waals surface area (Å²) < 4.78 is 14.2. The summed E-state index contributed by atoms with van der Waals surface area (Å²) in [6, 6.07) is 3.07. The maximum Gasteiger partial charge on any atom is 0.348 e. The Morgan fingerprint density at radius 2 is 2.06 bits per heavy atom. The largest absolute Gasteiger partial charge is 0.465 e. The molecule has 1 aromatic heterocycles. The molecule has 94 valence electrons. The van der Waals surface area contributed by atoms with E-state index in [1.54, 1.807) is 13.0 Å². The van der Waals surface area contributed by atoms with Crippen molar-refractivity contribution in [2.45, 2.75) is 6.92 Å². The number of hydrogen-bond acceptors (Lipinski definition) is 6. The molecule has 0 unspecified atom stereocenters. The lowest BCUT2D eigenvalue weighted by Gasteiger charge is -1.93. The molecule has 0 aliphatic rings. The fourth-order valence-corrected chi connectivity index (χ4v) is 1.28. The highest BCUT2D eigenvalue weighted by Crippen LogP contribution is 2.18. The van der Waals surface area contributed by atoms with Crippen LogP contribution >= 0.6 is 0 Å². The molecule has 0 aromatic carbocycles. The first kappa shape index (κ1) is 13.5. The SMILES string of the molecule is COC(=O)/C(C#N)=C/c1cc(C(=O)OC)c(C)o1. The second-order valence-corrected chi connectivity index (χ2v) is 3.27. The molecule has 1 heterocycles. The van der Waals surface area contributed by atoms with Crippen LogP contribution in [0.4, 0.5) is 0 Å². The number of methoxy groups -OCH3 is 2. The van der Waals surface area contributed by atoms with Gasteiger partial charge in [-0.05, 0) is 13.0 Å². The van der Waals surface area contributed by atoms with E-state index < -0.39 is 11.9 Å². The fraction of sp³-hybridized carbons (Fsp3) is 0.250. The van der Waals surface area contributed by atoms with Crippen molar-refractivity contribution in [1.29, 1.82) is 5.26 Å². The van der Waals surface area contributed by atoms with Crippen LogP contribution in [0.5, 0.6) is 0 Å². The predicted octanol–water partition coefficient (Wildman–Crippen LogP) is 1.45. The second kappa shape index (κ2) is 5.68. The van der Waals surface area contributed by atoms with Crippen LogP contribution in [0.25, 0.3) is 6.08 Å². The van der Waals surface area contributed by atoms with Crippen molar-refractivity contribution in [1.82, 2.24) is 0 Å². The quantitative estimate of drug-likeness (QED) is 0.457. The van der Waals surface area contributed by atoms with Crippen LogP contribution in [0.15, 0.2) is 16.1 Å². The lowest BCUT2D eigenvalue weighted by atomic mass is 10.2. The standard InChI is InChI=1S/C12H11NO5/c1-7-10(12(15)17-3)5-9(18-7)4-8(6-13)11(14)16-2/h4-5H,1-3H3/b8-4+. The summed E-state index contributed by atoms with van der Waals surface area (Å²) >= 11 is 0. The minimum absolute atomic E-state index is 0.204. The number of hydrogen-bond donors (Lipinski definition) is 0. The Bertz CT molecular complexity index is 547. The molecule has 18 heavy (non-hydrogen) atoms. The summed E-state index contributed by atoms with van der Waals surface area (Å²) in [4.78, 5) is 22.5. The molecule has 0 spiro atoms. The molecule has 0 radical (unpaired) electrons. The molecule has 0 bridgehead atoms. The van der Waals surface area contributed by atoms with Crippen LogP contribution in [0.2, 0.25) is 0 Å². The van der Waals surface area contributed by atoms with E-state index in [1.807, 2.05) is 0 Å². The van der Waals surface area contributed by atoms with E-state index in [2.05, 4.69) is 9.47 Å². The summed E-state index contributed by atoms with van der Waals surface area (Å²) in [5, 5.41) is 8.77. The Morgan fingerprint density at radius 1 is 1.39 bits per heavy atom. The van der Waals surface area contributed by atoms with Gasteiger partial charge in [0.25, 0.3) is 0 Å². The molecule has 6 heteroatoms. The molecular formula is C12H11NO5. The second-order valence-electron chi connectivity index (χ2n) is 3.27. The maximum atomic E-state index is 11.3. The molecule has 1 rings (SSSR count). The van der Waals surface area contributed by atoms with Gasteiger partial charge in [-0.3, -0.25) is 0 Å². The Hall–Kier alpha value is -2.55. The molecule has 1 aromatic rings. The van der Waals surface area contributed by atoms with Crippen LogP contribution in [0.1, 0.15) is 21.9 Å². The minimum Gasteiger partial charge on any atom is -0.465 e. The van der Waals surface area contributed by atoms with Gasteiger partial charge in [-0.1, -0.05) is 0 Å². The summed E-state index contributed by atoms with van der Waals surface area (Å²) in [6.07, 6.45) is 1.20. The van der Waals surface area contributed by atoms with E-state index >= 15 is 0 Å². The van der Waals surface area contributed by atoms with Crippen LogP contribution in [-0.4, -0.2) is 26.2 Å². The Morgan fingerprint density at radius 3 is 2.56 bits per heavy atom. The van der Waals surface area contributed by atoms with Gasteiger partial charge in [-0.25, -0.2) is 9.59 Å². The highest BCUT2D eigenvalue weighted by molar-refractivity contribution is 5.98. The van der Waals surface area contributed by atoms with Crippen molar-refractivity contribution in [3.8, 4) is 6.07 Å². The van der Waals surface area contributed by atoms with Gasteiger partial charge in [0, 0.05) is 6.08 Å². The van der Waals surface area contributed by atoms with E-state index in [0.717, 1.165) is 0 Å².